The number of hydrogen-bond donors (Lipinski definition) is 1. The Morgan fingerprint density at radius 2 is 1.57 bits per heavy atom. The first-order valence-electron chi connectivity index (χ1n) is 7.24. The van der Waals surface area contributed by atoms with Gasteiger partial charge in [-0.2, -0.15) is 0 Å². The van der Waals surface area contributed by atoms with Crippen molar-refractivity contribution in [2.75, 3.05) is 21.3 Å². The fourth-order valence-electron chi connectivity index (χ4n) is 2.78. The highest BCUT2D eigenvalue weighted by Gasteiger charge is 2.42. The van der Waals surface area contributed by atoms with Crippen molar-refractivity contribution in [2.45, 2.75) is 18.4 Å². The van der Waals surface area contributed by atoms with Gasteiger partial charge in [0.2, 0.25) is 0 Å². The van der Waals surface area contributed by atoms with Crippen molar-refractivity contribution in [1.82, 2.24) is 5.32 Å². The van der Waals surface area contributed by atoms with Gasteiger partial charge in [0, 0.05) is 11.6 Å². The molecule has 3 rings (SSSR count). The third kappa shape index (κ3) is 2.61. The molecule has 0 aliphatic heterocycles. The van der Waals surface area contributed by atoms with Gasteiger partial charge in [-0.1, -0.05) is 18.2 Å². The summed E-state index contributed by atoms with van der Waals surface area (Å²) in [6.45, 7) is 0. The lowest BCUT2D eigenvalue weighted by atomic mass is 9.98. The molecule has 2 aromatic rings. The van der Waals surface area contributed by atoms with Crippen molar-refractivity contribution in [3.8, 4) is 22.6 Å². The summed E-state index contributed by atoms with van der Waals surface area (Å²) in [6, 6.07) is 14.7. The minimum Gasteiger partial charge on any atom is -0.497 e. The Bertz CT molecular complexity index is 625. The normalized spacial score (nSPS) is 15.6. The largest absolute Gasteiger partial charge is 0.497 e. The Labute approximate surface area is 125 Å². The molecule has 21 heavy (non-hydrogen) atoms. The van der Waals surface area contributed by atoms with Gasteiger partial charge in [-0.05, 0) is 54.8 Å². The van der Waals surface area contributed by atoms with E-state index < -0.39 is 0 Å². The quantitative estimate of drug-likeness (QED) is 0.910. The maximum absolute atomic E-state index is 5.36. The molecule has 110 valence electrons. The maximum atomic E-state index is 5.36. The number of hydrogen-bond acceptors (Lipinski definition) is 3. The Balaban J connectivity index is 2.02. The van der Waals surface area contributed by atoms with Crippen LogP contribution in [0, 0.1) is 0 Å². The number of rotatable bonds is 5. The van der Waals surface area contributed by atoms with Gasteiger partial charge in [-0.15, -0.1) is 0 Å². The lowest BCUT2D eigenvalue weighted by Crippen LogP contribution is -2.24. The fraction of sp³-hybridized carbons (Fsp3) is 0.333. The zero-order valence-electron chi connectivity index (χ0n) is 12.8. The third-order valence-electron chi connectivity index (χ3n) is 4.33. The Morgan fingerprint density at radius 3 is 2.10 bits per heavy atom. The van der Waals surface area contributed by atoms with Gasteiger partial charge < -0.3 is 14.8 Å². The van der Waals surface area contributed by atoms with Crippen LogP contribution in [-0.4, -0.2) is 21.3 Å². The molecule has 0 radical (unpaired) electrons. The molecule has 1 aliphatic rings. The third-order valence-corrected chi connectivity index (χ3v) is 4.33. The maximum Gasteiger partial charge on any atom is 0.123 e. The molecule has 3 heteroatoms. The SMILES string of the molecule is CNC1(c2cccc(-c3cc(OC)cc(OC)c3)c2)CC1. The number of nitrogens with one attached hydrogen (secondary N) is 1. The molecule has 0 atom stereocenters. The topological polar surface area (TPSA) is 30.5 Å². The molecule has 1 fully saturated rings. The second kappa shape index (κ2) is 5.41. The molecule has 3 nitrogen and oxygen atoms in total. The van der Waals surface area contributed by atoms with Gasteiger partial charge >= 0.3 is 0 Å². The zero-order valence-corrected chi connectivity index (χ0v) is 12.8. The lowest BCUT2D eigenvalue weighted by Gasteiger charge is -2.16. The highest BCUT2D eigenvalue weighted by atomic mass is 16.5. The minimum atomic E-state index is 0.180. The van der Waals surface area contributed by atoms with Crippen LogP contribution < -0.4 is 14.8 Å². The van der Waals surface area contributed by atoms with Gasteiger partial charge in [0.1, 0.15) is 11.5 Å². The first kappa shape index (κ1) is 14.0. The summed E-state index contributed by atoms with van der Waals surface area (Å²) >= 11 is 0. The summed E-state index contributed by atoms with van der Waals surface area (Å²) in [5, 5.41) is 3.44. The van der Waals surface area contributed by atoms with Gasteiger partial charge in [-0.3, -0.25) is 0 Å². The van der Waals surface area contributed by atoms with Crippen LogP contribution in [0.5, 0.6) is 11.5 Å². The summed E-state index contributed by atoms with van der Waals surface area (Å²) < 4.78 is 10.7. The van der Waals surface area contributed by atoms with Crippen LogP contribution in [0.25, 0.3) is 11.1 Å². The summed E-state index contributed by atoms with van der Waals surface area (Å²) in [5.74, 6) is 1.62. The molecule has 0 unspecified atom stereocenters. The molecule has 0 aromatic heterocycles. The summed E-state index contributed by atoms with van der Waals surface area (Å²) in [7, 11) is 5.39. The predicted molar refractivity (Wildman–Crippen MR) is 85.0 cm³/mol. The molecule has 0 heterocycles. The van der Waals surface area contributed by atoms with Crippen LogP contribution in [0.15, 0.2) is 42.5 Å². The van der Waals surface area contributed by atoms with Crippen molar-refractivity contribution in [3.63, 3.8) is 0 Å². The molecular weight excluding hydrogens is 262 g/mol. The van der Waals surface area contributed by atoms with E-state index in [0.717, 1.165) is 17.1 Å². The highest BCUT2D eigenvalue weighted by molar-refractivity contribution is 5.68. The first-order valence-corrected chi connectivity index (χ1v) is 7.24. The van der Waals surface area contributed by atoms with E-state index in [-0.39, 0.29) is 5.54 Å². The second-order valence-electron chi connectivity index (χ2n) is 5.51. The smallest absolute Gasteiger partial charge is 0.123 e. The van der Waals surface area contributed by atoms with Gasteiger partial charge in [-0.25, -0.2) is 0 Å². The number of methoxy groups -OCH3 is 2. The van der Waals surface area contributed by atoms with E-state index in [1.165, 1.54) is 24.0 Å². The molecule has 1 aliphatic carbocycles. The summed E-state index contributed by atoms with van der Waals surface area (Å²) in [6.07, 6.45) is 2.41. The Hall–Kier alpha value is -2.00. The minimum absolute atomic E-state index is 0.180. The van der Waals surface area contributed by atoms with E-state index in [9.17, 15) is 0 Å². The van der Waals surface area contributed by atoms with Crippen LogP contribution in [-0.2, 0) is 5.54 Å². The van der Waals surface area contributed by atoms with Crippen molar-refractivity contribution in [2.24, 2.45) is 0 Å². The molecule has 1 saturated carbocycles. The average molecular weight is 283 g/mol. The molecule has 0 amide bonds. The van der Waals surface area contributed by atoms with E-state index in [4.69, 9.17) is 9.47 Å². The van der Waals surface area contributed by atoms with Crippen molar-refractivity contribution < 1.29 is 9.47 Å². The zero-order chi connectivity index (χ0) is 14.9. The van der Waals surface area contributed by atoms with E-state index >= 15 is 0 Å². The van der Waals surface area contributed by atoms with Gasteiger partial charge in [0.05, 0.1) is 14.2 Å². The molecule has 0 bridgehead atoms. The number of ether oxygens (including phenoxy) is 2. The molecule has 0 spiro atoms. The van der Waals surface area contributed by atoms with Crippen molar-refractivity contribution in [1.29, 1.82) is 0 Å². The molecule has 1 N–H and O–H groups in total. The average Bonchev–Trinajstić information content (AvgIpc) is 3.35. The summed E-state index contributed by atoms with van der Waals surface area (Å²) in [5.41, 5.74) is 3.83. The summed E-state index contributed by atoms with van der Waals surface area (Å²) in [4.78, 5) is 0. The monoisotopic (exact) mass is 283 g/mol. The van der Waals surface area contributed by atoms with Gasteiger partial charge in [0.25, 0.3) is 0 Å². The number of benzene rings is 2. The van der Waals surface area contributed by atoms with Crippen LogP contribution in [0.1, 0.15) is 18.4 Å². The van der Waals surface area contributed by atoms with Crippen LogP contribution in [0.4, 0.5) is 0 Å². The first-order chi connectivity index (χ1) is 10.2. The van der Waals surface area contributed by atoms with Crippen LogP contribution in [0.3, 0.4) is 0 Å². The second-order valence-corrected chi connectivity index (χ2v) is 5.51. The van der Waals surface area contributed by atoms with Crippen molar-refractivity contribution >= 4 is 0 Å². The van der Waals surface area contributed by atoms with E-state index in [1.807, 2.05) is 25.2 Å². The standard InChI is InChI=1S/C18H21NO2/c1-19-18(7-8-18)15-6-4-5-13(9-15)14-10-16(20-2)12-17(11-14)21-3/h4-6,9-12,19H,7-8H2,1-3H3. The van der Waals surface area contributed by atoms with Crippen molar-refractivity contribution in [3.05, 3.63) is 48.0 Å². The Morgan fingerprint density at radius 1 is 0.905 bits per heavy atom. The molecule has 2 aromatic carbocycles. The van der Waals surface area contributed by atoms with E-state index in [0.29, 0.717) is 0 Å². The van der Waals surface area contributed by atoms with E-state index in [1.54, 1.807) is 14.2 Å². The molecule has 0 saturated heterocycles. The fourth-order valence-corrected chi connectivity index (χ4v) is 2.78. The van der Waals surface area contributed by atoms with Crippen LogP contribution >= 0.6 is 0 Å². The highest BCUT2D eigenvalue weighted by Crippen LogP contribution is 2.46. The predicted octanol–water partition coefficient (Wildman–Crippen LogP) is 3.58. The molecular formula is C18H21NO2. The van der Waals surface area contributed by atoms with E-state index in [2.05, 4.69) is 29.6 Å². The van der Waals surface area contributed by atoms with Crippen LogP contribution in [0.2, 0.25) is 0 Å². The Kier molecular flexibility index (Phi) is 3.60. The lowest BCUT2D eigenvalue weighted by molar-refractivity contribution is 0.394. The van der Waals surface area contributed by atoms with Gasteiger partial charge in [0.15, 0.2) is 0 Å².